The molecule has 0 spiro atoms. The second-order valence-electron chi connectivity index (χ2n) is 9.73. The lowest BCUT2D eigenvalue weighted by Gasteiger charge is -2.38. The summed E-state index contributed by atoms with van der Waals surface area (Å²) in [4.78, 5) is 38.8. The summed E-state index contributed by atoms with van der Waals surface area (Å²) in [7, 11) is 0. The molecule has 2 aromatic heterocycles. The zero-order valence-corrected chi connectivity index (χ0v) is 20.7. The number of nitrogens with zero attached hydrogens (tertiary/aromatic N) is 4. The Morgan fingerprint density at radius 1 is 1.09 bits per heavy atom. The number of hydrogen-bond donors (Lipinski definition) is 1. The number of H-pyrrole nitrogens is 1. The van der Waals surface area contributed by atoms with Crippen LogP contribution in [0.25, 0.3) is 11.0 Å². The average molecular weight is 470 g/mol. The van der Waals surface area contributed by atoms with Crippen molar-refractivity contribution in [2.24, 2.45) is 5.92 Å². The zero-order chi connectivity index (χ0) is 23.9. The number of aromatic nitrogens is 2. The van der Waals surface area contributed by atoms with Gasteiger partial charge in [-0.05, 0) is 49.3 Å². The van der Waals surface area contributed by atoms with E-state index in [4.69, 9.17) is 4.74 Å². The molecular weight excluding hydrogens is 430 g/mol. The first-order valence-corrected chi connectivity index (χ1v) is 12.9. The van der Waals surface area contributed by atoms with Crippen molar-refractivity contribution in [3.8, 4) is 0 Å². The number of piperidine rings is 1. The minimum absolute atomic E-state index is 0.0122. The maximum atomic E-state index is 12.1. The number of likely N-dealkylation sites (tertiary alicyclic amines) is 1. The van der Waals surface area contributed by atoms with E-state index in [0.717, 1.165) is 100 Å². The Kier molecular flexibility index (Phi) is 8.56. The molecule has 2 aliphatic rings. The van der Waals surface area contributed by atoms with Gasteiger partial charge in [0, 0.05) is 64.1 Å². The molecule has 8 nitrogen and oxygen atoms in total. The molecule has 0 radical (unpaired) electrons. The van der Waals surface area contributed by atoms with Crippen molar-refractivity contribution in [3.05, 3.63) is 39.8 Å². The normalized spacial score (nSPS) is 18.5. The highest BCUT2D eigenvalue weighted by molar-refractivity contribution is 5.74. The largest absolute Gasteiger partial charge is 0.449 e. The Morgan fingerprint density at radius 2 is 1.82 bits per heavy atom. The van der Waals surface area contributed by atoms with Gasteiger partial charge in [-0.15, -0.1) is 0 Å². The Morgan fingerprint density at radius 3 is 2.53 bits per heavy atom. The van der Waals surface area contributed by atoms with Crippen LogP contribution in [0.5, 0.6) is 0 Å². The van der Waals surface area contributed by atoms with Crippen molar-refractivity contribution < 1.29 is 9.53 Å². The number of unbranched alkanes of at least 4 members (excludes halogenated alkanes) is 1. The quantitative estimate of drug-likeness (QED) is 0.598. The molecule has 1 N–H and O–H groups in total. The molecule has 0 bridgehead atoms. The number of aromatic amines is 1. The van der Waals surface area contributed by atoms with Crippen molar-refractivity contribution >= 4 is 17.1 Å². The van der Waals surface area contributed by atoms with Crippen LogP contribution in [0, 0.1) is 5.92 Å². The molecule has 0 unspecified atom stereocenters. The van der Waals surface area contributed by atoms with Crippen molar-refractivity contribution in [1.82, 2.24) is 24.7 Å². The molecule has 4 heterocycles. The molecule has 0 aromatic carbocycles. The van der Waals surface area contributed by atoms with Crippen molar-refractivity contribution in [3.63, 3.8) is 0 Å². The van der Waals surface area contributed by atoms with Crippen LogP contribution in [-0.4, -0.2) is 83.2 Å². The van der Waals surface area contributed by atoms with Gasteiger partial charge in [-0.2, -0.15) is 0 Å². The molecule has 1 amide bonds. The summed E-state index contributed by atoms with van der Waals surface area (Å²) >= 11 is 0. The summed E-state index contributed by atoms with van der Waals surface area (Å²) in [6.07, 6.45) is 6.61. The zero-order valence-electron chi connectivity index (χ0n) is 20.7. The lowest BCUT2D eigenvalue weighted by molar-refractivity contribution is 0.0716. The van der Waals surface area contributed by atoms with E-state index in [-0.39, 0.29) is 11.7 Å². The van der Waals surface area contributed by atoms with Gasteiger partial charge in [0.15, 0.2) is 0 Å². The second-order valence-corrected chi connectivity index (χ2v) is 9.73. The van der Waals surface area contributed by atoms with Gasteiger partial charge >= 0.3 is 6.09 Å². The van der Waals surface area contributed by atoms with Crippen LogP contribution in [0.4, 0.5) is 4.79 Å². The number of ether oxygens (including phenoxy) is 1. The highest BCUT2D eigenvalue weighted by Gasteiger charge is 2.26. The summed E-state index contributed by atoms with van der Waals surface area (Å²) in [5.41, 5.74) is 3.58. The van der Waals surface area contributed by atoms with Gasteiger partial charge in [0.2, 0.25) is 0 Å². The van der Waals surface area contributed by atoms with E-state index in [2.05, 4.69) is 32.8 Å². The number of pyridine rings is 2. The van der Waals surface area contributed by atoms with Crippen LogP contribution >= 0.6 is 0 Å². The smallest absolute Gasteiger partial charge is 0.409 e. The van der Waals surface area contributed by atoms with E-state index in [9.17, 15) is 9.59 Å². The Hall–Kier alpha value is -2.45. The van der Waals surface area contributed by atoms with Gasteiger partial charge in [-0.3, -0.25) is 14.7 Å². The monoisotopic (exact) mass is 469 g/mol. The molecule has 2 saturated heterocycles. The standard InChI is InChI=1S/C26H39N5O3/c1-3-5-14-34-26(33)31-8-6-20(7-9-31)18-29-10-12-30(13-11-29)19-21-15-24-23(27-17-21)16-22(4-2)25(32)28-24/h15-17,20H,3-14,18-19H2,1-2H3,(H,28,32). The third-order valence-electron chi connectivity index (χ3n) is 7.19. The van der Waals surface area contributed by atoms with E-state index in [1.54, 1.807) is 0 Å². The summed E-state index contributed by atoms with van der Waals surface area (Å²) in [5, 5.41) is 0. The number of fused-ring (bicyclic) bond motifs is 1. The highest BCUT2D eigenvalue weighted by atomic mass is 16.6. The van der Waals surface area contributed by atoms with E-state index < -0.39 is 0 Å². The molecule has 0 saturated carbocycles. The SMILES string of the molecule is CCCCOC(=O)N1CCC(CN2CCN(Cc3cnc4cc(CC)c(=O)[nH]c4c3)CC2)CC1. The molecule has 4 rings (SSSR count). The van der Waals surface area contributed by atoms with Crippen LogP contribution in [0.15, 0.2) is 23.1 Å². The van der Waals surface area contributed by atoms with Gasteiger partial charge in [0.05, 0.1) is 17.6 Å². The van der Waals surface area contributed by atoms with Crippen LogP contribution < -0.4 is 5.56 Å². The molecule has 186 valence electrons. The fourth-order valence-electron chi connectivity index (χ4n) is 4.96. The maximum Gasteiger partial charge on any atom is 0.409 e. The van der Waals surface area contributed by atoms with Crippen molar-refractivity contribution in [2.75, 3.05) is 52.4 Å². The minimum atomic E-state index is -0.140. The summed E-state index contributed by atoms with van der Waals surface area (Å²) in [5.74, 6) is 0.653. The Bertz CT molecular complexity index is 1010. The van der Waals surface area contributed by atoms with E-state index in [1.807, 2.05) is 24.1 Å². The second kappa shape index (κ2) is 11.8. The summed E-state index contributed by atoms with van der Waals surface area (Å²) < 4.78 is 5.36. The molecule has 2 aromatic rings. The first-order valence-electron chi connectivity index (χ1n) is 12.9. The molecule has 34 heavy (non-hydrogen) atoms. The van der Waals surface area contributed by atoms with Crippen molar-refractivity contribution in [2.45, 2.75) is 52.5 Å². The fraction of sp³-hybridized carbons (Fsp3) is 0.654. The van der Waals surface area contributed by atoms with E-state index >= 15 is 0 Å². The molecule has 0 atom stereocenters. The third-order valence-corrected chi connectivity index (χ3v) is 7.19. The van der Waals surface area contributed by atoms with Gasteiger partial charge in [-0.25, -0.2) is 4.79 Å². The number of hydrogen-bond acceptors (Lipinski definition) is 6. The van der Waals surface area contributed by atoms with Crippen LogP contribution in [-0.2, 0) is 17.7 Å². The number of aryl methyl sites for hydroxylation is 1. The summed E-state index contributed by atoms with van der Waals surface area (Å²) in [6, 6.07) is 3.97. The highest BCUT2D eigenvalue weighted by Crippen LogP contribution is 2.20. The molecule has 0 aliphatic carbocycles. The topological polar surface area (TPSA) is 81.8 Å². The maximum absolute atomic E-state index is 12.1. The number of rotatable bonds is 8. The molecule has 2 fully saturated rings. The van der Waals surface area contributed by atoms with Gasteiger partial charge in [0.1, 0.15) is 0 Å². The Labute approximate surface area is 202 Å². The average Bonchev–Trinajstić information content (AvgIpc) is 2.85. The number of carbonyl (C=O) groups is 1. The van der Waals surface area contributed by atoms with Crippen molar-refractivity contribution in [1.29, 1.82) is 0 Å². The predicted molar refractivity (Wildman–Crippen MR) is 134 cm³/mol. The third kappa shape index (κ3) is 6.36. The van der Waals surface area contributed by atoms with E-state index in [1.165, 1.54) is 0 Å². The first kappa shape index (κ1) is 24.7. The molecular formula is C26H39N5O3. The Balaban J connectivity index is 1.20. The first-order chi connectivity index (χ1) is 16.6. The number of amides is 1. The van der Waals surface area contributed by atoms with Gasteiger partial charge in [-0.1, -0.05) is 20.3 Å². The van der Waals surface area contributed by atoms with Crippen LogP contribution in [0.1, 0.15) is 50.7 Å². The predicted octanol–water partition coefficient (Wildman–Crippen LogP) is 3.25. The minimum Gasteiger partial charge on any atom is -0.449 e. The number of nitrogens with one attached hydrogen (secondary N) is 1. The lowest BCUT2D eigenvalue weighted by Crippen LogP contribution is -2.48. The summed E-state index contributed by atoms with van der Waals surface area (Å²) in [6.45, 7) is 12.4. The van der Waals surface area contributed by atoms with Crippen LogP contribution in [0.3, 0.4) is 0 Å². The lowest BCUT2D eigenvalue weighted by atomic mass is 9.96. The number of carbonyl (C=O) groups excluding carboxylic acids is 1. The van der Waals surface area contributed by atoms with Gasteiger partial charge < -0.3 is 19.5 Å². The molecule has 2 aliphatic heterocycles. The van der Waals surface area contributed by atoms with Crippen LogP contribution in [0.2, 0.25) is 0 Å². The fourth-order valence-corrected chi connectivity index (χ4v) is 4.96. The van der Waals surface area contributed by atoms with Gasteiger partial charge in [0.25, 0.3) is 5.56 Å². The molecule has 8 heteroatoms. The van der Waals surface area contributed by atoms with E-state index in [0.29, 0.717) is 18.9 Å². The number of piperazine rings is 1.